The van der Waals surface area contributed by atoms with Crippen molar-refractivity contribution in [3.05, 3.63) is 34.3 Å². The first-order valence-electron chi connectivity index (χ1n) is 6.68. The molecule has 0 aliphatic rings. The van der Waals surface area contributed by atoms with Crippen LogP contribution in [0.15, 0.2) is 28.7 Å². The Kier molecular flexibility index (Phi) is 6.20. The maximum atomic E-state index is 12.1. The van der Waals surface area contributed by atoms with E-state index in [2.05, 4.69) is 21.2 Å². The van der Waals surface area contributed by atoms with E-state index in [1.165, 1.54) is 0 Å². The molecule has 2 N–H and O–H groups in total. The number of carboxylic acids is 1. The number of benzene rings is 1. The molecular weight excluding hydrogens is 322 g/mol. The number of carbonyl (C=O) groups excluding carboxylic acids is 1. The molecule has 0 spiro atoms. The molecule has 0 saturated carbocycles. The predicted molar refractivity (Wildman–Crippen MR) is 81.6 cm³/mol. The number of amides is 1. The van der Waals surface area contributed by atoms with Gasteiger partial charge >= 0.3 is 5.97 Å². The van der Waals surface area contributed by atoms with E-state index in [-0.39, 0.29) is 18.7 Å². The molecule has 0 aliphatic heterocycles. The number of hydrogen-bond donors (Lipinski definition) is 2. The van der Waals surface area contributed by atoms with Gasteiger partial charge in [-0.05, 0) is 30.5 Å². The standard InChI is InChI=1S/C15H20BrNO3/c1-3-15(4-2,10-14(19)20)17-13(18)9-11-6-5-7-12(16)8-11/h5-8H,3-4,9-10H2,1-2H3,(H,17,18)(H,19,20). The monoisotopic (exact) mass is 341 g/mol. The molecule has 1 aromatic rings. The molecule has 0 atom stereocenters. The zero-order valence-electron chi connectivity index (χ0n) is 11.8. The number of hydrogen-bond acceptors (Lipinski definition) is 2. The zero-order valence-corrected chi connectivity index (χ0v) is 13.4. The first kappa shape index (κ1) is 16.7. The van der Waals surface area contributed by atoms with E-state index in [1.807, 2.05) is 38.1 Å². The van der Waals surface area contributed by atoms with Crippen LogP contribution in [0.1, 0.15) is 38.7 Å². The number of carboxylic acid groups (broad SMARTS) is 1. The SMILES string of the molecule is CCC(CC)(CC(=O)O)NC(=O)Cc1cccc(Br)c1. The number of nitrogens with one attached hydrogen (secondary N) is 1. The highest BCUT2D eigenvalue weighted by Crippen LogP contribution is 2.20. The lowest BCUT2D eigenvalue weighted by Gasteiger charge is -2.31. The van der Waals surface area contributed by atoms with E-state index in [9.17, 15) is 9.59 Å². The Morgan fingerprint density at radius 3 is 2.45 bits per heavy atom. The summed E-state index contributed by atoms with van der Waals surface area (Å²) in [6.07, 6.45) is 1.39. The molecule has 0 saturated heterocycles. The molecule has 0 heterocycles. The van der Waals surface area contributed by atoms with Gasteiger partial charge in [0, 0.05) is 10.0 Å². The minimum Gasteiger partial charge on any atom is -0.481 e. The van der Waals surface area contributed by atoms with Crippen LogP contribution in [-0.4, -0.2) is 22.5 Å². The van der Waals surface area contributed by atoms with Gasteiger partial charge in [-0.15, -0.1) is 0 Å². The highest BCUT2D eigenvalue weighted by Gasteiger charge is 2.30. The number of carbonyl (C=O) groups is 2. The second kappa shape index (κ2) is 7.43. The van der Waals surface area contributed by atoms with Crippen LogP contribution in [0, 0.1) is 0 Å². The summed E-state index contributed by atoms with van der Waals surface area (Å²) in [5.74, 6) is -1.04. The lowest BCUT2D eigenvalue weighted by Crippen LogP contribution is -2.49. The van der Waals surface area contributed by atoms with Gasteiger partial charge in [-0.1, -0.05) is 41.9 Å². The van der Waals surface area contributed by atoms with Crippen LogP contribution in [0.2, 0.25) is 0 Å². The van der Waals surface area contributed by atoms with E-state index in [0.29, 0.717) is 12.8 Å². The Balaban J connectivity index is 2.74. The fourth-order valence-corrected chi connectivity index (χ4v) is 2.63. The number of halogens is 1. The third-order valence-electron chi connectivity index (χ3n) is 3.50. The minimum absolute atomic E-state index is 0.0514. The molecule has 1 aromatic carbocycles. The highest BCUT2D eigenvalue weighted by molar-refractivity contribution is 9.10. The van der Waals surface area contributed by atoms with Crippen molar-refractivity contribution in [3.8, 4) is 0 Å². The second-order valence-electron chi connectivity index (χ2n) is 4.91. The molecule has 0 unspecified atom stereocenters. The summed E-state index contributed by atoms with van der Waals surface area (Å²) in [5, 5.41) is 11.9. The molecule has 4 nitrogen and oxygen atoms in total. The van der Waals surface area contributed by atoms with E-state index >= 15 is 0 Å². The van der Waals surface area contributed by atoms with Crippen molar-refractivity contribution in [1.29, 1.82) is 0 Å². The summed E-state index contributed by atoms with van der Waals surface area (Å²) in [7, 11) is 0. The summed E-state index contributed by atoms with van der Waals surface area (Å²) in [5.41, 5.74) is 0.239. The molecule has 0 bridgehead atoms. The highest BCUT2D eigenvalue weighted by atomic mass is 79.9. The molecule has 1 amide bonds. The largest absolute Gasteiger partial charge is 0.481 e. The van der Waals surface area contributed by atoms with Crippen molar-refractivity contribution in [2.24, 2.45) is 0 Å². The maximum Gasteiger partial charge on any atom is 0.305 e. The summed E-state index contributed by atoms with van der Waals surface area (Å²) >= 11 is 3.36. The molecule has 1 rings (SSSR count). The Morgan fingerprint density at radius 2 is 1.95 bits per heavy atom. The van der Waals surface area contributed by atoms with Crippen LogP contribution in [0.25, 0.3) is 0 Å². The van der Waals surface area contributed by atoms with Crippen LogP contribution >= 0.6 is 15.9 Å². The normalized spacial score (nSPS) is 11.2. The molecule has 0 radical (unpaired) electrons. The Labute approximate surface area is 127 Å². The lowest BCUT2D eigenvalue weighted by atomic mass is 9.88. The third-order valence-corrected chi connectivity index (χ3v) is 3.99. The number of aliphatic carboxylic acids is 1. The van der Waals surface area contributed by atoms with Crippen LogP contribution in [-0.2, 0) is 16.0 Å². The van der Waals surface area contributed by atoms with Crippen molar-refractivity contribution in [1.82, 2.24) is 5.32 Å². The van der Waals surface area contributed by atoms with Crippen molar-refractivity contribution in [2.45, 2.75) is 45.1 Å². The minimum atomic E-state index is -0.892. The van der Waals surface area contributed by atoms with Gasteiger partial charge < -0.3 is 10.4 Å². The summed E-state index contributed by atoms with van der Waals surface area (Å²) in [6.45, 7) is 3.79. The summed E-state index contributed by atoms with van der Waals surface area (Å²) in [6, 6.07) is 7.53. The van der Waals surface area contributed by atoms with E-state index in [0.717, 1.165) is 10.0 Å². The van der Waals surface area contributed by atoms with Gasteiger partial charge in [-0.25, -0.2) is 0 Å². The number of rotatable bonds is 7. The first-order chi connectivity index (χ1) is 9.40. The van der Waals surface area contributed by atoms with Crippen LogP contribution in [0.3, 0.4) is 0 Å². The fourth-order valence-electron chi connectivity index (χ4n) is 2.18. The van der Waals surface area contributed by atoms with Crippen LogP contribution in [0.4, 0.5) is 0 Å². The van der Waals surface area contributed by atoms with Crippen molar-refractivity contribution in [3.63, 3.8) is 0 Å². The van der Waals surface area contributed by atoms with Crippen molar-refractivity contribution >= 4 is 27.8 Å². The van der Waals surface area contributed by atoms with Gasteiger partial charge in [0.05, 0.1) is 12.8 Å². The smallest absolute Gasteiger partial charge is 0.305 e. The molecule has 0 aromatic heterocycles. The molecule has 0 fully saturated rings. The van der Waals surface area contributed by atoms with Gasteiger partial charge in [0.25, 0.3) is 0 Å². The van der Waals surface area contributed by atoms with Crippen molar-refractivity contribution < 1.29 is 14.7 Å². The van der Waals surface area contributed by atoms with E-state index in [4.69, 9.17) is 5.11 Å². The van der Waals surface area contributed by atoms with Gasteiger partial charge in [0.1, 0.15) is 0 Å². The Hall–Kier alpha value is -1.36. The quantitative estimate of drug-likeness (QED) is 0.800. The van der Waals surface area contributed by atoms with E-state index in [1.54, 1.807) is 0 Å². The van der Waals surface area contributed by atoms with Gasteiger partial charge in [-0.3, -0.25) is 9.59 Å². The van der Waals surface area contributed by atoms with Crippen LogP contribution < -0.4 is 5.32 Å². The second-order valence-corrected chi connectivity index (χ2v) is 5.83. The van der Waals surface area contributed by atoms with Crippen LogP contribution in [0.5, 0.6) is 0 Å². The fraction of sp³-hybridized carbons (Fsp3) is 0.467. The van der Waals surface area contributed by atoms with Gasteiger partial charge in [0.2, 0.25) is 5.91 Å². The third kappa shape index (κ3) is 4.96. The maximum absolute atomic E-state index is 12.1. The predicted octanol–water partition coefficient (Wildman–Crippen LogP) is 3.14. The topological polar surface area (TPSA) is 66.4 Å². The van der Waals surface area contributed by atoms with Gasteiger partial charge in [-0.2, -0.15) is 0 Å². The average molecular weight is 342 g/mol. The molecular formula is C15H20BrNO3. The van der Waals surface area contributed by atoms with E-state index < -0.39 is 11.5 Å². The van der Waals surface area contributed by atoms with Crippen molar-refractivity contribution in [2.75, 3.05) is 0 Å². The molecule has 0 aliphatic carbocycles. The summed E-state index contributed by atoms with van der Waals surface area (Å²) in [4.78, 5) is 23.1. The molecule has 5 heteroatoms. The summed E-state index contributed by atoms with van der Waals surface area (Å²) < 4.78 is 0.922. The lowest BCUT2D eigenvalue weighted by molar-refractivity contribution is -0.139. The Morgan fingerprint density at radius 1 is 1.30 bits per heavy atom. The molecule has 20 heavy (non-hydrogen) atoms. The molecule has 110 valence electrons. The zero-order chi connectivity index (χ0) is 15.2. The Bertz CT molecular complexity index is 484. The van der Waals surface area contributed by atoms with Gasteiger partial charge in [0.15, 0.2) is 0 Å². The first-order valence-corrected chi connectivity index (χ1v) is 7.47. The average Bonchev–Trinajstić information content (AvgIpc) is 2.37.